The lowest BCUT2D eigenvalue weighted by molar-refractivity contribution is -0.0363. The number of esters is 4. The zero-order chi connectivity index (χ0) is 52.2. The van der Waals surface area contributed by atoms with E-state index in [1.54, 1.807) is 72.8 Å². The highest BCUT2D eigenvalue weighted by Crippen LogP contribution is 2.28. The fraction of sp³-hybridized carbons (Fsp3) is 0.133. The highest BCUT2D eigenvalue weighted by Gasteiger charge is 2.23. The molecule has 2 atom stereocenters. The minimum absolute atomic E-state index is 0.0786. The zero-order valence-electron chi connectivity index (χ0n) is 40.9. The summed E-state index contributed by atoms with van der Waals surface area (Å²) in [6.45, 7) is 4.81. The van der Waals surface area contributed by atoms with Crippen LogP contribution in [0.5, 0.6) is 23.0 Å². The van der Waals surface area contributed by atoms with Crippen molar-refractivity contribution in [1.82, 2.24) is 0 Å². The molecule has 0 saturated carbocycles. The zero-order valence-corrected chi connectivity index (χ0v) is 40.9. The number of azo groups is 2. The van der Waals surface area contributed by atoms with Crippen LogP contribution in [0.25, 0.3) is 0 Å². The normalized spacial score (nSPS) is 11.9. The lowest BCUT2D eigenvalue weighted by atomic mass is 10.1. The molecule has 8 rings (SSSR count). The highest BCUT2D eigenvalue weighted by atomic mass is 16.6. The maximum Gasteiger partial charge on any atom is 0.343 e. The van der Waals surface area contributed by atoms with Gasteiger partial charge in [-0.25, -0.2) is 19.2 Å². The monoisotopic (exact) mass is 1000 g/mol. The number of nitrogens with zero attached hydrogens (tertiary/aromatic N) is 4. The molecule has 75 heavy (non-hydrogen) atoms. The Morgan fingerprint density at radius 2 is 0.627 bits per heavy atom. The van der Waals surface area contributed by atoms with E-state index in [4.69, 9.17) is 33.2 Å². The summed E-state index contributed by atoms with van der Waals surface area (Å²) in [5.74, 6) is -0.546. The minimum Gasteiger partial charge on any atom is -0.494 e. The molecule has 0 spiro atoms. The quantitative estimate of drug-likeness (QED) is 0.0358. The van der Waals surface area contributed by atoms with E-state index in [0.29, 0.717) is 58.2 Å². The van der Waals surface area contributed by atoms with E-state index in [1.165, 1.54) is 48.5 Å². The summed E-state index contributed by atoms with van der Waals surface area (Å²) >= 11 is 0. The van der Waals surface area contributed by atoms with Gasteiger partial charge in [0.2, 0.25) is 0 Å². The molecule has 0 amide bonds. The van der Waals surface area contributed by atoms with Crippen LogP contribution >= 0.6 is 0 Å². The summed E-state index contributed by atoms with van der Waals surface area (Å²) in [5.41, 5.74) is 4.76. The molecule has 0 aliphatic carbocycles. The Kier molecular flexibility index (Phi) is 18.1. The minimum atomic E-state index is -0.847. The standard InChI is InChI=1S/C60H50N4O11/c1-3-70-51-35-27-49(28-36-51)63-61-47-23-15-43(16-24-47)57(65)72-53-31-19-45(20-32-53)59(67)74-55(41-11-7-5-8-12-41)39-69-40-56(42-13-9-6-10-14-42)75-60(68)46-21-33-54(34-22-46)73-58(66)44-17-25-48(26-18-44)62-64-50-29-37-52(38-30-50)71-4-2/h5-38,55-56H,3-4,39-40H2,1-2H3. The Morgan fingerprint density at radius 3 is 0.947 bits per heavy atom. The first kappa shape index (κ1) is 51.7. The van der Waals surface area contributed by atoms with Crippen LogP contribution in [0.3, 0.4) is 0 Å². The molecule has 0 radical (unpaired) electrons. The number of carbonyl (C=O) groups excluding carboxylic acids is 4. The summed E-state index contributed by atoms with van der Waals surface area (Å²) in [6.07, 6.45) is -1.69. The average Bonchev–Trinajstić information content (AvgIpc) is 3.45. The molecule has 0 aliphatic rings. The molecular formula is C60H50N4O11. The smallest absolute Gasteiger partial charge is 0.343 e. The maximum atomic E-state index is 13.6. The predicted molar refractivity (Wildman–Crippen MR) is 279 cm³/mol. The van der Waals surface area contributed by atoms with Crippen LogP contribution in [0, 0.1) is 0 Å². The molecule has 0 bridgehead atoms. The molecule has 0 heterocycles. The van der Waals surface area contributed by atoms with Gasteiger partial charge in [0, 0.05) is 0 Å². The second kappa shape index (κ2) is 26.2. The lowest BCUT2D eigenvalue weighted by Crippen LogP contribution is -2.21. The van der Waals surface area contributed by atoms with Gasteiger partial charge in [-0.2, -0.15) is 20.5 Å². The van der Waals surface area contributed by atoms with Crippen molar-refractivity contribution in [3.63, 3.8) is 0 Å². The SMILES string of the molecule is CCOc1ccc(N=Nc2ccc(C(=O)Oc3ccc(C(=O)OC(COCC(OC(=O)c4ccc(OC(=O)c5ccc(N=Nc6ccc(OCC)cc6)cc5)cc4)c4ccccc4)c4ccccc4)cc3)cc2)cc1. The number of rotatable bonds is 22. The van der Waals surface area contributed by atoms with Gasteiger partial charge in [-0.3, -0.25) is 0 Å². The Hall–Kier alpha value is -9.60. The lowest BCUT2D eigenvalue weighted by Gasteiger charge is -2.22. The third-order valence-corrected chi connectivity index (χ3v) is 11.0. The Balaban J connectivity index is 0.832. The number of carbonyl (C=O) groups is 4. The van der Waals surface area contributed by atoms with E-state index < -0.39 is 36.1 Å². The van der Waals surface area contributed by atoms with E-state index in [9.17, 15) is 19.2 Å². The van der Waals surface area contributed by atoms with E-state index in [0.717, 1.165) is 11.5 Å². The van der Waals surface area contributed by atoms with Gasteiger partial charge in [-0.15, -0.1) is 0 Å². The Morgan fingerprint density at radius 1 is 0.347 bits per heavy atom. The van der Waals surface area contributed by atoms with Crippen LogP contribution in [0.15, 0.2) is 227 Å². The van der Waals surface area contributed by atoms with Gasteiger partial charge >= 0.3 is 23.9 Å². The first-order chi connectivity index (χ1) is 36.7. The summed E-state index contributed by atoms with van der Waals surface area (Å²) < 4.78 is 40.2. The Bertz CT molecular complexity index is 2970. The third-order valence-electron chi connectivity index (χ3n) is 11.0. The van der Waals surface area contributed by atoms with Crippen molar-refractivity contribution in [2.75, 3.05) is 26.4 Å². The van der Waals surface area contributed by atoms with Gasteiger partial charge in [0.25, 0.3) is 0 Å². The van der Waals surface area contributed by atoms with Crippen LogP contribution in [0.1, 0.15) is 78.6 Å². The van der Waals surface area contributed by atoms with Crippen LogP contribution in [-0.2, 0) is 14.2 Å². The van der Waals surface area contributed by atoms with E-state index in [1.807, 2.05) is 98.8 Å². The molecule has 8 aromatic rings. The van der Waals surface area contributed by atoms with Crippen LogP contribution < -0.4 is 18.9 Å². The first-order valence-electron chi connectivity index (χ1n) is 23.9. The van der Waals surface area contributed by atoms with Crippen molar-refractivity contribution in [3.8, 4) is 23.0 Å². The first-order valence-corrected chi connectivity index (χ1v) is 23.9. The van der Waals surface area contributed by atoms with Gasteiger partial charge in [-0.1, -0.05) is 60.7 Å². The van der Waals surface area contributed by atoms with Crippen LogP contribution in [-0.4, -0.2) is 50.3 Å². The van der Waals surface area contributed by atoms with Crippen LogP contribution in [0.2, 0.25) is 0 Å². The summed E-state index contributed by atoms with van der Waals surface area (Å²) in [5, 5.41) is 16.9. The van der Waals surface area contributed by atoms with Gasteiger partial charge in [-0.05, 0) is 171 Å². The number of benzene rings is 8. The number of hydrogen-bond acceptors (Lipinski definition) is 15. The molecular weight excluding hydrogens is 953 g/mol. The van der Waals surface area contributed by atoms with E-state index >= 15 is 0 Å². The van der Waals surface area contributed by atoms with Crippen molar-refractivity contribution in [2.45, 2.75) is 26.1 Å². The maximum absolute atomic E-state index is 13.6. The highest BCUT2D eigenvalue weighted by molar-refractivity contribution is 5.93. The second-order valence-electron chi connectivity index (χ2n) is 16.3. The topological polar surface area (TPSA) is 182 Å². The molecule has 8 aromatic carbocycles. The molecule has 0 aliphatic heterocycles. The van der Waals surface area contributed by atoms with Crippen molar-refractivity contribution in [1.29, 1.82) is 0 Å². The van der Waals surface area contributed by atoms with Crippen molar-refractivity contribution < 1.29 is 52.3 Å². The summed E-state index contributed by atoms with van der Waals surface area (Å²) in [7, 11) is 0. The molecule has 0 fully saturated rings. The molecule has 0 N–H and O–H groups in total. The van der Waals surface area contributed by atoms with Crippen molar-refractivity contribution in [2.24, 2.45) is 20.5 Å². The molecule has 2 unspecified atom stereocenters. The molecule has 15 nitrogen and oxygen atoms in total. The largest absolute Gasteiger partial charge is 0.494 e. The average molecular weight is 1000 g/mol. The van der Waals surface area contributed by atoms with Gasteiger partial charge in [0.15, 0.2) is 12.2 Å². The molecule has 0 saturated heterocycles. The summed E-state index contributed by atoms with van der Waals surface area (Å²) in [4.78, 5) is 53.1. The van der Waals surface area contributed by atoms with E-state index in [-0.39, 0.29) is 35.8 Å². The predicted octanol–water partition coefficient (Wildman–Crippen LogP) is 14.3. The van der Waals surface area contributed by atoms with Gasteiger partial charge < -0.3 is 33.2 Å². The van der Waals surface area contributed by atoms with E-state index in [2.05, 4.69) is 20.5 Å². The van der Waals surface area contributed by atoms with Gasteiger partial charge in [0.1, 0.15) is 23.0 Å². The molecule has 0 aromatic heterocycles. The van der Waals surface area contributed by atoms with Crippen LogP contribution in [0.4, 0.5) is 22.7 Å². The fourth-order valence-electron chi connectivity index (χ4n) is 7.17. The molecule has 376 valence electrons. The Labute approximate surface area is 433 Å². The fourth-order valence-corrected chi connectivity index (χ4v) is 7.17. The molecule has 15 heteroatoms. The van der Waals surface area contributed by atoms with Crippen molar-refractivity contribution in [3.05, 3.63) is 240 Å². The second-order valence-corrected chi connectivity index (χ2v) is 16.3. The number of hydrogen-bond donors (Lipinski definition) is 0. The van der Waals surface area contributed by atoms with Gasteiger partial charge in [0.05, 0.1) is 71.4 Å². The number of ether oxygens (including phenoxy) is 7. The third kappa shape index (κ3) is 15.2. The van der Waals surface area contributed by atoms with Crippen molar-refractivity contribution >= 4 is 46.6 Å². The summed E-state index contributed by atoms with van der Waals surface area (Å²) in [6, 6.07) is 57.6.